The van der Waals surface area contributed by atoms with E-state index in [2.05, 4.69) is 4.98 Å². The summed E-state index contributed by atoms with van der Waals surface area (Å²) in [5.41, 5.74) is 2.02. The molecule has 0 aliphatic carbocycles. The third kappa shape index (κ3) is 3.97. The third-order valence-corrected chi connectivity index (χ3v) is 3.39. The molecule has 0 unspecified atom stereocenters. The molecule has 0 spiro atoms. The van der Waals surface area contributed by atoms with Crippen molar-refractivity contribution >= 4 is 12.4 Å². The lowest BCUT2D eigenvalue weighted by atomic mass is 10.1. The van der Waals surface area contributed by atoms with Crippen molar-refractivity contribution < 1.29 is 28.9 Å². The predicted octanol–water partition coefficient (Wildman–Crippen LogP) is 1.89. The SMILES string of the molecule is COc1cc2c(cc1-c1ccc(C(=O)N(C)C)cn1)OCO2.O=CO. The second kappa shape index (κ2) is 8.00. The molecule has 1 amide bonds. The number of nitrogens with zero attached hydrogens (tertiary/aromatic N) is 2. The quantitative estimate of drug-likeness (QED) is 0.847. The fourth-order valence-corrected chi connectivity index (χ4v) is 2.23. The van der Waals surface area contributed by atoms with E-state index >= 15 is 0 Å². The second-order valence-corrected chi connectivity index (χ2v) is 5.14. The number of methoxy groups -OCH3 is 1. The lowest BCUT2D eigenvalue weighted by Crippen LogP contribution is -2.21. The summed E-state index contributed by atoms with van der Waals surface area (Å²) in [5.74, 6) is 1.87. The number of hydrogen-bond acceptors (Lipinski definition) is 6. The minimum atomic E-state index is -0.250. The van der Waals surface area contributed by atoms with Crippen LogP contribution in [0.1, 0.15) is 10.4 Å². The number of carbonyl (C=O) groups excluding carboxylic acids is 1. The van der Waals surface area contributed by atoms with Crippen molar-refractivity contribution in [1.82, 2.24) is 9.88 Å². The van der Waals surface area contributed by atoms with Gasteiger partial charge in [0.1, 0.15) is 5.75 Å². The molecule has 0 saturated carbocycles. The maximum atomic E-state index is 11.9. The number of pyridine rings is 1. The Bertz CT molecular complexity index is 758. The van der Waals surface area contributed by atoms with E-state index in [0.29, 0.717) is 28.5 Å². The van der Waals surface area contributed by atoms with Crippen LogP contribution < -0.4 is 14.2 Å². The van der Waals surface area contributed by atoms with E-state index in [1.165, 1.54) is 4.90 Å². The van der Waals surface area contributed by atoms with Crippen molar-refractivity contribution in [2.45, 2.75) is 0 Å². The molecule has 0 radical (unpaired) electrons. The minimum absolute atomic E-state index is 0.0864. The summed E-state index contributed by atoms with van der Waals surface area (Å²) in [7, 11) is 5.00. The van der Waals surface area contributed by atoms with E-state index in [-0.39, 0.29) is 19.2 Å². The molecular formula is C17H18N2O6. The van der Waals surface area contributed by atoms with Crippen LogP contribution in [-0.2, 0) is 4.79 Å². The molecule has 1 aliphatic heterocycles. The van der Waals surface area contributed by atoms with Gasteiger partial charge in [0.2, 0.25) is 6.79 Å². The molecule has 1 N–H and O–H groups in total. The molecule has 1 aliphatic rings. The topological polar surface area (TPSA) is 98.2 Å². The first-order valence-corrected chi connectivity index (χ1v) is 7.25. The Morgan fingerprint density at radius 2 is 1.92 bits per heavy atom. The number of benzene rings is 1. The Balaban J connectivity index is 0.000000701. The number of aromatic nitrogens is 1. The van der Waals surface area contributed by atoms with Gasteiger partial charge in [0.15, 0.2) is 11.5 Å². The fraction of sp³-hybridized carbons (Fsp3) is 0.235. The van der Waals surface area contributed by atoms with Gasteiger partial charge in [0.25, 0.3) is 12.4 Å². The zero-order chi connectivity index (χ0) is 18.4. The number of fused-ring (bicyclic) bond motifs is 1. The van der Waals surface area contributed by atoms with Crippen molar-refractivity contribution in [2.75, 3.05) is 28.0 Å². The lowest BCUT2D eigenvalue weighted by Gasteiger charge is -2.12. The smallest absolute Gasteiger partial charge is 0.290 e. The Morgan fingerprint density at radius 3 is 2.44 bits per heavy atom. The van der Waals surface area contributed by atoms with E-state index in [4.69, 9.17) is 24.1 Å². The van der Waals surface area contributed by atoms with Crippen molar-refractivity contribution in [3.63, 3.8) is 0 Å². The van der Waals surface area contributed by atoms with Crippen LogP contribution >= 0.6 is 0 Å². The van der Waals surface area contributed by atoms with Gasteiger partial charge >= 0.3 is 0 Å². The van der Waals surface area contributed by atoms with E-state index in [1.807, 2.05) is 6.07 Å². The number of ether oxygens (including phenoxy) is 3. The molecule has 0 atom stereocenters. The Kier molecular flexibility index (Phi) is 5.78. The average Bonchev–Trinajstić information content (AvgIpc) is 3.08. The minimum Gasteiger partial charge on any atom is -0.496 e. The van der Waals surface area contributed by atoms with Gasteiger partial charge in [0.05, 0.1) is 18.4 Å². The largest absolute Gasteiger partial charge is 0.496 e. The highest BCUT2D eigenvalue weighted by Crippen LogP contribution is 2.41. The molecule has 8 heteroatoms. The van der Waals surface area contributed by atoms with Gasteiger partial charge in [-0.1, -0.05) is 0 Å². The van der Waals surface area contributed by atoms with Crippen LogP contribution in [0.3, 0.4) is 0 Å². The second-order valence-electron chi connectivity index (χ2n) is 5.14. The fourth-order valence-electron chi connectivity index (χ4n) is 2.23. The van der Waals surface area contributed by atoms with Gasteiger partial charge in [-0.15, -0.1) is 0 Å². The van der Waals surface area contributed by atoms with E-state index in [0.717, 1.165) is 5.56 Å². The van der Waals surface area contributed by atoms with Crippen molar-refractivity contribution in [3.05, 3.63) is 36.0 Å². The van der Waals surface area contributed by atoms with Crippen LogP contribution in [0.5, 0.6) is 17.2 Å². The van der Waals surface area contributed by atoms with Gasteiger partial charge in [0, 0.05) is 31.9 Å². The maximum absolute atomic E-state index is 11.9. The average molecular weight is 346 g/mol. The molecule has 1 aromatic heterocycles. The summed E-state index contributed by atoms with van der Waals surface area (Å²) in [6, 6.07) is 7.14. The first kappa shape index (κ1) is 18.1. The van der Waals surface area contributed by atoms with Crippen molar-refractivity contribution in [3.8, 4) is 28.5 Å². The van der Waals surface area contributed by atoms with Crippen LogP contribution in [0.4, 0.5) is 0 Å². The standard InChI is InChI=1S/C16H16N2O4.CH2O2/c1-18(2)16(19)10-4-5-12(17-8-10)11-6-14-15(22-9-21-14)7-13(11)20-3;2-1-3/h4-8H,9H2,1-3H3;1H,(H,2,3). The number of carbonyl (C=O) groups is 2. The van der Waals surface area contributed by atoms with E-state index < -0.39 is 0 Å². The molecular weight excluding hydrogens is 328 g/mol. The molecule has 3 rings (SSSR count). The van der Waals surface area contributed by atoms with Crippen molar-refractivity contribution in [2.24, 2.45) is 0 Å². The molecule has 132 valence electrons. The molecule has 1 aromatic carbocycles. The Hall–Kier alpha value is -3.29. The molecule has 0 saturated heterocycles. The highest BCUT2D eigenvalue weighted by atomic mass is 16.7. The van der Waals surface area contributed by atoms with Crippen molar-refractivity contribution in [1.29, 1.82) is 0 Å². The zero-order valence-corrected chi connectivity index (χ0v) is 14.1. The number of amides is 1. The number of hydrogen-bond donors (Lipinski definition) is 1. The van der Waals surface area contributed by atoms with Gasteiger partial charge in [-0.3, -0.25) is 14.6 Å². The van der Waals surface area contributed by atoms with Gasteiger partial charge in [-0.05, 0) is 18.2 Å². The van der Waals surface area contributed by atoms with Crippen LogP contribution in [0.25, 0.3) is 11.3 Å². The van der Waals surface area contributed by atoms with Crippen LogP contribution in [-0.4, -0.2) is 55.4 Å². The molecule has 0 bridgehead atoms. The molecule has 0 fully saturated rings. The Labute approximate surface area is 144 Å². The number of rotatable bonds is 3. The Morgan fingerprint density at radius 1 is 1.28 bits per heavy atom. The highest BCUT2D eigenvalue weighted by Gasteiger charge is 2.19. The first-order chi connectivity index (χ1) is 12.0. The summed E-state index contributed by atoms with van der Waals surface area (Å²) in [6.45, 7) is -0.0500. The lowest BCUT2D eigenvalue weighted by molar-refractivity contribution is -0.122. The van der Waals surface area contributed by atoms with Gasteiger partial charge in [-0.2, -0.15) is 0 Å². The highest BCUT2D eigenvalue weighted by molar-refractivity contribution is 5.93. The summed E-state index contributed by atoms with van der Waals surface area (Å²) in [6.07, 6.45) is 1.56. The summed E-state index contributed by atoms with van der Waals surface area (Å²) in [4.78, 5) is 26.1. The zero-order valence-electron chi connectivity index (χ0n) is 14.1. The molecule has 2 aromatic rings. The first-order valence-electron chi connectivity index (χ1n) is 7.25. The summed E-state index contributed by atoms with van der Waals surface area (Å²) >= 11 is 0. The third-order valence-electron chi connectivity index (χ3n) is 3.39. The predicted molar refractivity (Wildman–Crippen MR) is 89.1 cm³/mol. The number of carboxylic acid groups (broad SMARTS) is 1. The van der Waals surface area contributed by atoms with Crippen LogP contribution in [0.15, 0.2) is 30.5 Å². The van der Waals surface area contributed by atoms with Crippen LogP contribution in [0, 0.1) is 0 Å². The van der Waals surface area contributed by atoms with Gasteiger partial charge in [-0.25, -0.2) is 0 Å². The molecule has 2 heterocycles. The van der Waals surface area contributed by atoms with E-state index in [9.17, 15) is 4.79 Å². The summed E-state index contributed by atoms with van der Waals surface area (Å²) < 4.78 is 16.1. The molecule has 25 heavy (non-hydrogen) atoms. The van der Waals surface area contributed by atoms with Gasteiger partial charge < -0.3 is 24.2 Å². The summed E-state index contributed by atoms with van der Waals surface area (Å²) in [5, 5.41) is 6.89. The monoisotopic (exact) mass is 346 g/mol. The van der Waals surface area contributed by atoms with Crippen LogP contribution in [0.2, 0.25) is 0 Å². The van der Waals surface area contributed by atoms with E-state index in [1.54, 1.807) is 45.6 Å². The maximum Gasteiger partial charge on any atom is 0.290 e. The normalized spacial score (nSPS) is 11.2. The molecule has 8 nitrogen and oxygen atoms in total.